The fourth-order valence-electron chi connectivity index (χ4n) is 1.96. The van der Waals surface area contributed by atoms with Gasteiger partial charge in [0.25, 0.3) is 0 Å². The minimum atomic E-state index is 0.385. The molecule has 0 aliphatic carbocycles. The number of fused-ring (bicyclic) bond motifs is 1. The summed E-state index contributed by atoms with van der Waals surface area (Å²) < 4.78 is 1.86. The maximum Gasteiger partial charge on any atom is 0.162 e. The van der Waals surface area contributed by atoms with Crippen molar-refractivity contribution in [3.05, 3.63) is 40.1 Å². The number of aromatic nitrogens is 4. The molecule has 0 spiro atoms. The van der Waals surface area contributed by atoms with Crippen molar-refractivity contribution in [1.82, 2.24) is 19.5 Å². The minimum Gasteiger partial charge on any atom is -0.310 e. The summed E-state index contributed by atoms with van der Waals surface area (Å²) in [6.07, 6.45) is 1.81. The van der Waals surface area contributed by atoms with Crippen LogP contribution in [0.15, 0.2) is 24.4 Å². The van der Waals surface area contributed by atoms with Crippen molar-refractivity contribution >= 4 is 34.4 Å². The first-order chi connectivity index (χ1) is 9.06. The maximum atomic E-state index is 6.17. The highest BCUT2D eigenvalue weighted by molar-refractivity contribution is 6.34. The van der Waals surface area contributed by atoms with Crippen molar-refractivity contribution in [3.63, 3.8) is 0 Å². The van der Waals surface area contributed by atoms with Crippen molar-refractivity contribution in [2.75, 3.05) is 0 Å². The standard InChI is InChI=1S/C13H10Cl2N4/c1-7-5-9-12(16-6-7)19(2)13(17-9)11-8(14)3-4-10(15)18-11/h3-6H,1-2H3. The second-order valence-electron chi connectivity index (χ2n) is 4.31. The number of halogens is 2. The van der Waals surface area contributed by atoms with Crippen LogP contribution >= 0.6 is 23.2 Å². The Morgan fingerprint density at radius 2 is 1.95 bits per heavy atom. The third kappa shape index (κ3) is 2.07. The molecule has 0 fully saturated rings. The molecule has 0 saturated carbocycles. The number of pyridine rings is 2. The van der Waals surface area contributed by atoms with Crippen LogP contribution in [0.3, 0.4) is 0 Å². The molecule has 19 heavy (non-hydrogen) atoms. The highest BCUT2D eigenvalue weighted by atomic mass is 35.5. The highest BCUT2D eigenvalue weighted by Gasteiger charge is 2.15. The van der Waals surface area contributed by atoms with E-state index in [0.717, 1.165) is 16.7 Å². The molecule has 0 atom stereocenters. The third-order valence-corrected chi connectivity index (χ3v) is 3.39. The van der Waals surface area contributed by atoms with E-state index in [1.54, 1.807) is 18.3 Å². The van der Waals surface area contributed by atoms with Crippen LogP contribution in [0.2, 0.25) is 10.2 Å². The Morgan fingerprint density at radius 3 is 2.74 bits per heavy atom. The quantitative estimate of drug-likeness (QED) is 0.643. The lowest BCUT2D eigenvalue weighted by molar-refractivity contribution is 0.934. The molecule has 4 nitrogen and oxygen atoms in total. The number of imidazole rings is 1. The second kappa shape index (κ2) is 4.47. The van der Waals surface area contributed by atoms with Crippen molar-refractivity contribution in [2.45, 2.75) is 6.92 Å². The van der Waals surface area contributed by atoms with Crippen molar-refractivity contribution in [3.8, 4) is 11.5 Å². The molecule has 3 rings (SSSR count). The van der Waals surface area contributed by atoms with Crippen molar-refractivity contribution in [1.29, 1.82) is 0 Å². The number of hydrogen-bond acceptors (Lipinski definition) is 3. The van der Waals surface area contributed by atoms with Gasteiger partial charge in [-0.15, -0.1) is 0 Å². The Kier molecular flexibility index (Phi) is 2.92. The lowest BCUT2D eigenvalue weighted by Gasteiger charge is -2.03. The third-order valence-electron chi connectivity index (χ3n) is 2.87. The van der Waals surface area contributed by atoms with Crippen LogP contribution in [0, 0.1) is 6.92 Å². The van der Waals surface area contributed by atoms with Crippen LogP contribution < -0.4 is 0 Å². The zero-order chi connectivity index (χ0) is 13.6. The molecule has 0 aliphatic rings. The first-order valence-electron chi connectivity index (χ1n) is 5.68. The summed E-state index contributed by atoms with van der Waals surface area (Å²) >= 11 is 12.1. The maximum absolute atomic E-state index is 6.17. The van der Waals surface area contributed by atoms with Gasteiger partial charge in [-0.05, 0) is 30.7 Å². The smallest absolute Gasteiger partial charge is 0.162 e. The highest BCUT2D eigenvalue weighted by Crippen LogP contribution is 2.28. The monoisotopic (exact) mass is 292 g/mol. The summed E-state index contributed by atoms with van der Waals surface area (Å²) in [6, 6.07) is 5.34. The van der Waals surface area contributed by atoms with Gasteiger partial charge in [-0.25, -0.2) is 15.0 Å². The molecule has 0 aromatic carbocycles. The van der Waals surface area contributed by atoms with E-state index in [0.29, 0.717) is 21.7 Å². The van der Waals surface area contributed by atoms with Gasteiger partial charge in [0.2, 0.25) is 0 Å². The van der Waals surface area contributed by atoms with Crippen molar-refractivity contribution in [2.24, 2.45) is 7.05 Å². The summed E-state index contributed by atoms with van der Waals surface area (Å²) in [4.78, 5) is 13.2. The molecule has 96 valence electrons. The van der Waals surface area contributed by atoms with Gasteiger partial charge in [-0.1, -0.05) is 23.2 Å². The van der Waals surface area contributed by atoms with Crippen LogP contribution in [0.1, 0.15) is 5.56 Å². The Hall–Kier alpha value is -1.65. The van der Waals surface area contributed by atoms with E-state index in [1.165, 1.54) is 0 Å². The van der Waals surface area contributed by atoms with E-state index in [4.69, 9.17) is 23.2 Å². The number of aryl methyl sites for hydroxylation is 2. The Balaban J connectivity index is 2.30. The fraction of sp³-hybridized carbons (Fsp3) is 0.154. The molecule has 6 heteroatoms. The zero-order valence-electron chi connectivity index (χ0n) is 10.4. The van der Waals surface area contributed by atoms with E-state index < -0.39 is 0 Å². The van der Waals surface area contributed by atoms with Gasteiger partial charge in [-0.3, -0.25) is 0 Å². The fourth-order valence-corrected chi connectivity index (χ4v) is 2.30. The van der Waals surface area contributed by atoms with Gasteiger partial charge in [0.05, 0.1) is 5.02 Å². The Morgan fingerprint density at radius 1 is 1.16 bits per heavy atom. The number of rotatable bonds is 1. The van der Waals surface area contributed by atoms with E-state index in [2.05, 4.69) is 15.0 Å². The summed E-state index contributed by atoms with van der Waals surface area (Å²) in [5.74, 6) is 0.653. The first kappa shape index (κ1) is 12.4. The van der Waals surface area contributed by atoms with Gasteiger partial charge >= 0.3 is 0 Å². The summed E-state index contributed by atoms with van der Waals surface area (Å²) in [5.41, 5.74) is 3.23. The zero-order valence-corrected chi connectivity index (χ0v) is 11.9. The molecule has 0 amide bonds. The molecule has 3 heterocycles. The molecule has 3 aromatic rings. The van der Waals surface area contributed by atoms with Gasteiger partial charge < -0.3 is 4.57 Å². The van der Waals surface area contributed by atoms with Crippen LogP contribution in [-0.4, -0.2) is 19.5 Å². The second-order valence-corrected chi connectivity index (χ2v) is 5.11. The average Bonchev–Trinajstić information content (AvgIpc) is 2.69. The SMILES string of the molecule is Cc1cnc2c(c1)nc(-c1nc(Cl)ccc1Cl)n2C. The average molecular weight is 293 g/mol. The van der Waals surface area contributed by atoms with Crippen LogP contribution in [0.25, 0.3) is 22.7 Å². The number of hydrogen-bond donors (Lipinski definition) is 0. The van der Waals surface area contributed by atoms with Gasteiger partial charge in [-0.2, -0.15) is 0 Å². The minimum absolute atomic E-state index is 0.385. The molecule has 0 N–H and O–H groups in total. The Labute approximate surface area is 120 Å². The molecule has 0 aliphatic heterocycles. The molecular weight excluding hydrogens is 283 g/mol. The van der Waals surface area contributed by atoms with Gasteiger partial charge in [0.1, 0.15) is 16.4 Å². The molecule has 3 aromatic heterocycles. The summed E-state index contributed by atoms with van der Waals surface area (Å²) in [5, 5.41) is 0.898. The molecular formula is C13H10Cl2N4. The summed E-state index contributed by atoms with van der Waals surface area (Å²) in [6.45, 7) is 1.98. The summed E-state index contributed by atoms with van der Waals surface area (Å²) in [7, 11) is 1.88. The molecule has 0 unspecified atom stereocenters. The van der Waals surface area contributed by atoms with E-state index in [-0.39, 0.29) is 0 Å². The van der Waals surface area contributed by atoms with Crippen LogP contribution in [0.4, 0.5) is 0 Å². The van der Waals surface area contributed by atoms with E-state index in [1.807, 2.05) is 24.6 Å². The van der Waals surface area contributed by atoms with Gasteiger partial charge in [0.15, 0.2) is 11.5 Å². The van der Waals surface area contributed by atoms with E-state index >= 15 is 0 Å². The molecule has 0 radical (unpaired) electrons. The predicted molar refractivity (Wildman–Crippen MR) is 76.5 cm³/mol. The molecule has 0 saturated heterocycles. The van der Waals surface area contributed by atoms with Gasteiger partial charge in [0, 0.05) is 13.2 Å². The largest absolute Gasteiger partial charge is 0.310 e. The predicted octanol–water partition coefficient (Wildman–Crippen LogP) is 3.65. The first-order valence-corrected chi connectivity index (χ1v) is 6.43. The van der Waals surface area contributed by atoms with E-state index in [9.17, 15) is 0 Å². The van der Waals surface area contributed by atoms with Crippen LogP contribution in [-0.2, 0) is 7.05 Å². The van der Waals surface area contributed by atoms with Crippen molar-refractivity contribution < 1.29 is 0 Å². The molecule has 0 bridgehead atoms. The number of nitrogens with zero attached hydrogens (tertiary/aromatic N) is 4. The topological polar surface area (TPSA) is 43.6 Å². The normalized spacial score (nSPS) is 11.2. The lowest BCUT2D eigenvalue weighted by atomic mass is 10.3. The Bertz CT molecular complexity index is 780. The van der Waals surface area contributed by atoms with Crippen LogP contribution in [0.5, 0.6) is 0 Å². The lowest BCUT2D eigenvalue weighted by Crippen LogP contribution is -1.96.